The molecule has 0 radical (unpaired) electrons. The van der Waals surface area contributed by atoms with Gasteiger partial charge in [0.05, 0.1) is 11.6 Å². The number of aromatic nitrogens is 4. The van der Waals surface area contributed by atoms with Crippen LogP contribution in [0, 0.1) is 0 Å². The largest absolute Gasteiger partial charge is 0.486 e. The molecule has 1 amide bonds. The molecule has 26 heavy (non-hydrogen) atoms. The van der Waals surface area contributed by atoms with Crippen LogP contribution in [0.5, 0.6) is 11.5 Å². The quantitative estimate of drug-likeness (QED) is 0.751. The zero-order valence-electron chi connectivity index (χ0n) is 13.6. The van der Waals surface area contributed by atoms with Crippen LogP contribution in [0.2, 0.25) is 5.02 Å². The Labute approximate surface area is 153 Å². The number of nitrogens with two attached hydrogens (primary N) is 1. The van der Waals surface area contributed by atoms with Crippen molar-refractivity contribution in [2.75, 3.05) is 13.2 Å². The summed E-state index contributed by atoms with van der Waals surface area (Å²) < 4.78 is 11.1. The first kappa shape index (κ1) is 16.3. The van der Waals surface area contributed by atoms with Gasteiger partial charge in [0.1, 0.15) is 13.2 Å². The number of carbonyl (C=O) groups excluding carboxylic acids is 1. The van der Waals surface area contributed by atoms with Crippen LogP contribution in [0.4, 0.5) is 0 Å². The summed E-state index contributed by atoms with van der Waals surface area (Å²) >= 11 is 6.25. The Morgan fingerprint density at radius 3 is 2.73 bits per heavy atom. The Kier molecular flexibility index (Phi) is 4.18. The van der Waals surface area contributed by atoms with Crippen molar-refractivity contribution in [1.29, 1.82) is 0 Å². The SMILES string of the molecule is NC(=O)c1ccc(-c2nnn(Cc3cc(Cl)c4c(c3)OCCO4)n2)cc1. The van der Waals surface area contributed by atoms with Crippen LogP contribution in [0.25, 0.3) is 11.4 Å². The van der Waals surface area contributed by atoms with E-state index in [0.717, 1.165) is 11.1 Å². The van der Waals surface area contributed by atoms with Crippen molar-refractivity contribution < 1.29 is 14.3 Å². The lowest BCUT2D eigenvalue weighted by Crippen LogP contribution is -2.16. The lowest BCUT2D eigenvalue weighted by Gasteiger charge is -2.20. The Balaban J connectivity index is 1.55. The van der Waals surface area contributed by atoms with Gasteiger partial charge in [-0.3, -0.25) is 4.79 Å². The van der Waals surface area contributed by atoms with Gasteiger partial charge in [-0.15, -0.1) is 10.2 Å². The number of hydrogen-bond donors (Lipinski definition) is 1. The summed E-state index contributed by atoms with van der Waals surface area (Å²) in [6.07, 6.45) is 0. The second-order valence-electron chi connectivity index (χ2n) is 5.69. The molecule has 2 N–H and O–H groups in total. The minimum absolute atomic E-state index is 0.378. The summed E-state index contributed by atoms with van der Waals surface area (Å²) in [5.41, 5.74) is 7.27. The predicted octanol–water partition coefficient (Wildman–Crippen LogP) is 1.91. The molecule has 132 valence electrons. The van der Waals surface area contributed by atoms with Crippen LogP contribution >= 0.6 is 11.6 Å². The van der Waals surface area contributed by atoms with Crippen LogP contribution < -0.4 is 15.2 Å². The average molecular weight is 372 g/mol. The molecule has 8 nitrogen and oxygen atoms in total. The van der Waals surface area contributed by atoms with Gasteiger partial charge in [0.15, 0.2) is 11.5 Å². The van der Waals surface area contributed by atoms with Gasteiger partial charge in [0.25, 0.3) is 0 Å². The molecule has 1 aliphatic rings. The molecule has 2 heterocycles. The average Bonchev–Trinajstić information content (AvgIpc) is 3.10. The first-order valence-electron chi connectivity index (χ1n) is 7.86. The molecule has 9 heteroatoms. The van der Waals surface area contributed by atoms with Gasteiger partial charge in [-0.2, -0.15) is 4.80 Å². The molecule has 1 aromatic heterocycles. The number of nitrogens with zero attached hydrogens (tertiary/aromatic N) is 4. The summed E-state index contributed by atoms with van der Waals surface area (Å²) in [5, 5.41) is 12.9. The second-order valence-corrected chi connectivity index (χ2v) is 6.09. The Morgan fingerprint density at radius 2 is 1.96 bits per heavy atom. The molecule has 0 atom stereocenters. The monoisotopic (exact) mass is 371 g/mol. The van der Waals surface area contributed by atoms with Crippen LogP contribution in [-0.4, -0.2) is 39.3 Å². The summed E-state index contributed by atoms with van der Waals surface area (Å²) in [6, 6.07) is 10.3. The molecular formula is C17H14ClN5O3. The number of benzene rings is 2. The van der Waals surface area contributed by atoms with E-state index in [4.69, 9.17) is 26.8 Å². The smallest absolute Gasteiger partial charge is 0.248 e. The summed E-state index contributed by atoms with van der Waals surface area (Å²) in [7, 11) is 0. The highest BCUT2D eigenvalue weighted by atomic mass is 35.5. The highest BCUT2D eigenvalue weighted by Gasteiger charge is 2.17. The number of halogens is 1. The van der Waals surface area contributed by atoms with E-state index in [0.29, 0.717) is 47.7 Å². The fraction of sp³-hybridized carbons (Fsp3) is 0.176. The van der Waals surface area contributed by atoms with Gasteiger partial charge in [-0.1, -0.05) is 23.7 Å². The van der Waals surface area contributed by atoms with Crippen molar-refractivity contribution in [3.8, 4) is 22.9 Å². The zero-order valence-corrected chi connectivity index (χ0v) is 14.3. The molecule has 0 spiro atoms. The molecule has 0 aliphatic carbocycles. The lowest BCUT2D eigenvalue weighted by molar-refractivity contribution is 0.100. The number of rotatable bonds is 4. The first-order valence-corrected chi connectivity index (χ1v) is 8.24. The third-order valence-electron chi connectivity index (χ3n) is 3.86. The summed E-state index contributed by atoms with van der Waals surface area (Å²) in [4.78, 5) is 12.6. The number of fused-ring (bicyclic) bond motifs is 1. The number of carbonyl (C=O) groups is 1. The topological polar surface area (TPSA) is 105 Å². The van der Waals surface area contributed by atoms with Crippen LogP contribution in [0.1, 0.15) is 15.9 Å². The molecule has 4 rings (SSSR count). The fourth-order valence-corrected chi connectivity index (χ4v) is 2.92. The molecule has 0 fully saturated rings. The van der Waals surface area contributed by atoms with Crippen LogP contribution in [-0.2, 0) is 6.54 Å². The Hall–Kier alpha value is -3.13. The van der Waals surface area contributed by atoms with E-state index < -0.39 is 5.91 Å². The minimum atomic E-state index is -0.483. The van der Waals surface area contributed by atoms with Crippen LogP contribution in [0.3, 0.4) is 0 Å². The Bertz CT molecular complexity index is 971. The first-order chi connectivity index (χ1) is 12.6. The third-order valence-corrected chi connectivity index (χ3v) is 4.14. The molecule has 1 aliphatic heterocycles. The second kappa shape index (κ2) is 6.64. The van der Waals surface area contributed by atoms with Crippen molar-refractivity contribution in [2.45, 2.75) is 6.54 Å². The molecule has 0 saturated heterocycles. The van der Waals surface area contributed by atoms with Crippen molar-refractivity contribution in [2.24, 2.45) is 5.73 Å². The van der Waals surface area contributed by atoms with Gasteiger partial charge >= 0.3 is 0 Å². The van der Waals surface area contributed by atoms with E-state index in [9.17, 15) is 4.79 Å². The van der Waals surface area contributed by atoms with Crippen molar-refractivity contribution in [3.63, 3.8) is 0 Å². The maximum absolute atomic E-state index is 11.1. The van der Waals surface area contributed by atoms with E-state index in [1.54, 1.807) is 30.3 Å². The van der Waals surface area contributed by atoms with Gasteiger partial charge < -0.3 is 15.2 Å². The van der Waals surface area contributed by atoms with Crippen molar-refractivity contribution >= 4 is 17.5 Å². The number of primary amides is 1. The van der Waals surface area contributed by atoms with Gasteiger partial charge in [0.2, 0.25) is 11.7 Å². The minimum Gasteiger partial charge on any atom is -0.486 e. The highest BCUT2D eigenvalue weighted by molar-refractivity contribution is 6.32. The van der Waals surface area contributed by atoms with E-state index in [-0.39, 0.29) is 0 Å². The van der Waals surface area contributed by atoms with E-state index in [1.807, 2.05) is 6.07 Å². The predicted molar refractivity (Wildman–Crippen MR) is 93.3 cm³/mol. The van der Waals surface area contributed by atoms with E-state index in [2.05, 4.69) is 15.4 Å². The fourth-order valence-electron chi connectivity index (χ4n) is 2.63. The number of ether oxygens (including phenoxy) is 2. The Morgan fingerprint density at radius 1 is 1.19 bits per heavy atom. The normalized spacial score (nSPS) is 12.8. The highest BCUT2D eigenvalue weighted by Crippen LogP contribution is 2.38. The van der Waals surface area contributed by atoms with Gasteiger partial charge in [0, 0.05) is 11.1 Å². The van der Waals surface area contributed by atoms with E-state index >= 15 is 0 Å². The number of tetrazole rings is 1. The zero-order chi connectivity index (χ0) is 18.1. The maximum Gasteiger partial charge on any atom is 0.248 e. The molecule has 2 aromatic carbocycles. The third kappa shape index (κ3) is 3.18. The molecule has 0 unspecified atom stereocenters. The van der Waals surface area contributed by atoms with Crippen molar-refractivity contribution in [3.05, 3.63) is 52.5 Å². The van der Waals surface area contributed by atoms with E-state index in [1.165, 1.54) is 4.80 Å². The molecule has 3 aromatic rings. The van der Waals surface area contributed by atoms with Crippen LogP contribution in [0.15, 0.2) is 36.4 Å². The number of amides is 1. The van der Waals surface area contributed by atoms with Gasteiger partial charge in [-0.05, 0) is 35.0 Å². The molecule has 0 bridgehead atoms. The summed E-state index contributed by atoms with van der Waals surface area (Å²) in [6.45, 7) is 1.34. The lowest BCUT2D eigenvalue weighted by atomic mass is 10.1. The molecule has 0 saturated carbocycles. The maximum atomic E-state index is 11.1. The van der Waals surface area contributed by atoms with Crippen molar-refractivity contribution in [1.82, 2.24) is 20.2 Å². The summed E-state index contributed by atoms with van der Waals surface area (Å²) in [5.74, 6) is 1.14. The standard InChI is InChI=1S/C17H14ClN5O3/c18-13-7-10(8-14-15(13)26-6-5-25-14)9-23-21-17(20-22-23)12-3-1-11(2-4-12)16(19)24/h1-4,7-8H,5-6,9H2,(H2,19,24). The molecular weight excluding hydrogens is 358 g/mol. The number of hydrogen-bond acceptors (Lipinski definition) is 6. The van der Waals surface area contributed by atoms with Gasteiger partial charge in [-0.25, -0.2) is 0 Å².